The number of ether oxygens (including phenoxy) is 2. The summed E-state index contributed by atoms with van der Waals surface area (Å²) in [5.41, 5.74) is -1.31. The largest absolute Gasteiger partial charge is 0.450 e. The van der Waals surface area contributed by atoms with Gasteiger partial charge in [-0.05, 0) is 18.5 Å². The fourth-order valence-corrected chi connectivity index (χ4v) is 4.44. The molecule has 0 radical (unpaired) electrons. The monoisotopic (exact) mass is 542 g/mol. The Morgan fingerprint density at radius 2 is 1.84 bits per heavy atom. The first-order chi connectivity index (χ1) is 17.3. The Labute approximate surface area is 211 Å². The van der Waals surface area contributed by atoms with Crippen molar-refractivity contribution in [2.45, 2.75) is 45.0 Å². The number of amides is 2. The van der Waals surface area contributed by atoms with Crippen molar-refractivity contribution in [2.75, 3.05) is 25.0 Å². The molecule has 1 N–H and O–H groups in total. The van der Waals surface area contributed by atoms with Crippen LogP contribution in [0.4, 0.5) is 32.4 Å². The number of carbonyl (C=O) groups is 1. The second-order valence-corrected chi connectivity index (χ2v) is 15.6. The molecule has 1 saturated heterocycles. The van der Waals surface area contributed by atoms with Crippen molar-refractivity contribution in [1.29, 1.82) is 0 Å². The lowest BCUT2D eigenvalue weighted by atomic mass is 10.2. The zero-order chi connectivity index (χ0) is 27.0. The molecule has 200 valence electrons. The van der Waals surface area contributed by atoms with E-state index in [0.717, 1.165) is 36.9 Å². The van der Waals surface area contributed by atoms with E-state index < -0.39 is 54.4 Å². The van der Waals surface area contributed by atoms with Crippen molar-refractivity contribution >= 4 is 30.8 Å². The van der Waals surface area contributed by atoms with Crippen LogP contribution in [0.25, 0.3) is 11.0 Å². The second-order valence-electron chi connectivity index (χ2n) is 10.0. The SMILES string of the molecule is C[Si](C)(C)CCOCn1cc(C(F)(F)F)c2c(Oc3c(F)cc(NC(=O)N4CCC4)cc3F)ccnc21. The summed E-state index contributed by atoms with van der Waals surface area (Å²) in [5.74, 6) is -3.70. The molecule has 1 fully saturated rings. The Hall–Kier alpha value is -3.19. The third-order valence-corrected chi connectivity index (χ3v) is 7.56. The van der Waals surface area contributed by atoms with Crippen LogP contribution in [0.5, 0.6) is 11.5 Å². The van der Waals surface area contributed by atoms with E-state index in [-0.39, 0.29) is 18.1 Å². The summed E-state index contributed by atoms with van der Waals surface area (Å²) >= 11 is 0. The zero-order valence-corrected chi connectivity index (χ0v) is 21.6. The van der Waals surface area contributed by atoms with Crippen molar-refractivity contribution in [3.05, 3.63) is 47.8 Å². The van der Waals surface area contributed by atoms with E-state index in [0.29, 0.717) is 19.7 Å². The van der Waals surface area contributed by atoms with Gasteiger partial charge in [-0.1, -0.05) is 19.6 Å². The number of anilines is 1. The normalized spacial score (nSPS) is 14.1. The third kappa shape index (κ3) is 6.21. The third-order valence-electron chi connectivity index (χ3n) is 5.86. The summed E-state index contributed by atoms with van der Waals surface area (Å²) in [4.78, 5) is 17.5. The maximum atomic E-state index is 14.8. The Balaban J connectivity index is 1.63. The van der Waals surface area contributed by atoms with E-state index in [1.54, 1.807) is 0 Å². The number of nitrogens with zero attached hydrogens (tertiary/aromatic N) is 3. The van der Waals surface area contributed by atoms with Gasteiger partial charge in [0.05, 0.1) is 10.9 Å². The van der Waals surface area contributed by atoms with Crippen LogP contribution in [0, 0.1) is 11.6 Å². The van der Waals surface area contributed by atoms with Gasteiger partial charge < -0.3 is 24.3 Å². The van der Waals surface area contributed by atoms with Crippen molar-refractivity contribution in [3.63, 3.8) is 0 Å². The molecule has 0 atom stereocenters. The standard InChI is InChI=1S/C24H27F5N4O3Si/c1-37(2,3)10-9-35-14-33-13-16(24(27,28)29)20-19(5-6-30-22(20)33)36-21-17(25)11-15(12-18(21)26)31-23(34)32-7-4-8-32/h5-6,11-13H,4,7-10,14H2,1-3H3,(H,31,34). The molecule has 0 saturated carbocycles. The molecule has 4 rings (SSSR count). The summed E-state index contributed by atoms with van der Waals surface area (Å²) in [5, 5.41) is 1.94. The maximum absolute atomic E-state index is 14.8. The van der Waals surface area contributed by atoms with Gasteiger partial charge >= 0.3 is 12.2 Å². The topological polar surface area (TPSA) is 68.6 Å². The lowest BCUT2D eigenvalue weighted by Gasteiger charge is -2.30. The predicted octanol–water partition coefficient (Wildman–Crippen LogP) is 6.68. The first-order valence-corrected chi connectivity index (χ1v) is 15.4. The summed E-state index contributed by atoms with van der Waals surface area (Å²) in [6.07, 6.45) is -1.91. The van der Waals surface area contributed by atoms with E-state index >= 15 is 0 Å². The lowest BCUT2D eigenvalue weighted by molar-refractivity contribution is -0.136. The van der Waals surface area contributed by atoms with Crippen molar-refractivity contribution in [1.82, 2.24) is 14.5 Å². The minimum absolute atomic E-state index is 0.0999. The molecule has 37 heavy (non-hydrogen) atoms. The first-order valence-electron chi connectivity index (χ1n) is 11.7. The number of aromatic nitrogens is 2. The first kappa shape index (κ1) is 26.9. The number of rotatable bonds is 8. The number of fused-ring (bicyclic) bond motifs is 1. The Morgan fingerprint density at radius 1 is 1.16 bits per heavy atom. The van der Waals surface area contributed by atoms with Crippen LogP contribution in [0.1, 0.15) is 12.0 Å². The van der Waals surface area contributed by atoms with Gasteiger partial charge in [0, 0.05) is 58.0 Å². The van der Waals surface area contributed by atoms with Crippen LogP contribution in [0.2, 0.25) is 25.7 Å². The van der Waals surface area contributed by atoms with Gasteiger partial charge in [0.2, 0.25) is 0 Å². The highest BCUT2D eigenvalue weighted by molar-refractivity contribution is 6.76. The Kier molecular flexibility index (Phi) is 7.47. The molecule has 13 heteroatoms. The number of nitrogens with one attached hydrogen (secondary N) is 1. The molecule has 2 aromatic heterocycles. The number of likely N-dealkylation sites (tertiary alicyclic amines) is 1. The van der Waals surface area contributed by atoms with E-state index in [1.807, 2.05) is 0 Å². The molecular formula is C24H27F5N4O3Si. The van der Waals surface area contributed by atoms with Gasteiger partial charge in [0.15, 0.2) is 17.4 Å². The summed E-state index contributed by atoms with van der Waals surface area (Å²) in [7, 11) is -1.40. The highest BCUT2D eigenvalue weighted by atomic mass is 28.3. The number of urea groups is 1. The number of alkyl halides is 3. The minimum Gasteiger partial charge on any atom is -0.450 e. The average Bonchev–Trinajstić information content (AvgIpc) is 3.12. The van der Waals surface area contributed by atoms with Gasteiger partial charge in [0.25, 0.3) is 0 Å². The molecule has 0 unspecified atom stereocenters. The van der Waals surface area contributed by atoms with Gasteiger partial charge in [-0.25, -0.2) is 18.6 Å². The molecule has 1 aromatic carbocycles. The zero-order valence-electron chi connectivity index (χ0n) is 20.6. The average molecular weight is 543 g/mol. The number of hydrogen-bond acceptors (Lipinski definition) is 4. The molecule has 3 heterocycles. The van der Waals surface area contributed by atoms with Crippen LogP contribution in [-0.4, -0.2) is 48.3 Å². The van der Waals surface area contributed by atoms with Crippen molar-refractivity contribution in [3.8, 4) is 11.5 Å². The molecule has 2 amide bonds. The van der Waals surface area contributed by atoms with Crippen LogP contribution >= 0.6 is 0 Å². The van der Waals surface area contributed by atoms with Gasteiger partial charge in [-0.15, -0.1) is 0 Å². The smallest absolute Gasteiger partial charge is 0.418 e. The molecule has 1 aliphatic rings. The summed E-state index contributed by atoms with van der Waals surface area (Å²) in [6, 6.07) is 3.12. The van der Waals surface area contributed by atoms with E-state index in [9.17, 15) is 26.7 Å². The quantitative estimate of drug-likeness (QED) is 0.196. The fourth-order valence-electron chi connectivity index (χ4n) is 3.69. The van der Waals surface area contributed by atoms with Crippen LogP contribution < -0.4 is 10.1 Å². The highest BCUT2D eigenvalue weighted by Crippen LogP contribution is 2.42. The maximum Gasteiger partial charge on any atom is 0.418 e. The molecule has 7 nitrogen and oxygen atoms in total. The summed E-state index contributed by atoms with van der Waals surface area (Å²) < 4.78 is 83.4. The predicted molar refractivity (Wildman–Crippen MR) is 130 cm³/mol. The summed E-state index contributed by atoms with van der Waals surface area (Å²) in [6.45, 7) is 7.74. The molecule has 0 spiro atoms. The van der Waals surface area contributed by atoms with Gasteiger partial charge in [-0.2, -0.15) is 13.2 Å². The number of benzene rings is 1. The van der Waals surface area contributed by atoms with E-state index in [2.05, 4.69) is 29.9 Å². The van der Waals surface area contributed by atoms with Crippen LogP contribution in [-0.2, 0) is 17.6 Å². The molecule has 0 aliphatic carbocycles. The highest BCUT2D eigenvalue weighted by Gasteiger charge is 2.37. The van der Waals surface area contributed by atoms with E-state index in [4.69, 9.17) is 9.47 Å². The lowest BCUT2D eigenvalue weighted by Crippen LogP contribution is -2.44. The molecule has 0 bridgehead atoms. The van der Waals surface area contributed by atoms with Crippen molar-refractivity contribution in [2.24, 2.45) is 0 Å². The fraction of sp³-hybridized carbons (Fsp3) is 0.417. The van der Waals surface area contributed by atoms with Gasteiger partial charge in [0.1, 0.15) is 18.1 Å². The van der Waals surface area contributed by atoms with Crippen LogP contribution in [0.15, 0.2) is 30.6 Å². The minimum atomic E-state index is -4.79. The number of carbonyl (C=O) groups excluding carboxylic acids is 1. The molecule has 3 aromatic rings. The van der Waals surface area contributed by atoms with Crippen molar-refractivity contribution < 1.29 is 36.2 Å². The number of hydrogen-bond donors (Lipinski definition) is 1. The number of halogens is 5. The Morgan fingerprint density at radius 3 is 2.41 bits per heavy atom. The molecule has 1 aliphatic heterocycles. The van der Waals surface area contributed by atoms with E-state index in [1.165, 1.54) is 15.7 Å². The second kappa shape index (κ2) is 10.3. The molecular weight excluding hydrogens is 515 g/mol. The Bertz CT molecular complexity index is 1280. The van der Waals surface area contributed by atoms with Crippen LogP contribution in [0.3, 0.4) is 0 Å². The number of pyridine rings is 1. The van der Waals surface area contributed by atoms with Gasteiger partial charge in [-0.3, -0.25) is 0 Å².